The first-order valence-electron chi connectivity index (χ1n) is 11.4. The molecule has 0 bridgehead atoms. The summed E-state index contributed by atoms with van der Waals surface area (Å²) < 4.78 is 20.6. The predicted octanol–water partition coefficient (Wildman–Crippen LogP) is 5.13. The largest absolute Gasteiger partial charge is 0.455 e. The van der Waals surface area contributed by atoms with Gasteiger partial charge in [-0.25, -0.2) is 19.5 Å². The van der Waals surface area contributed by atoms with Crippen molar-refractivity contribution >= 4 is 11.5 Å². The number of aromatic nitrogens is 7. The van der Waals surface area contributed by atoms with Crippen molar-refractivity contribution < 1.29 is 9.13 Å². The number of nitrogens with zero attached hydrogens (tertiary/aromatic N) is 6. The summed E-state index contributed by atoms with van der Waals surface area (Å²) in [7, 11) is 0. The van der Waals surface area contributed by atoms with Gasteiger partial charge in [0.1, 0.15) is 28.9 Å². The first-order valence-corrected chi connectivity index (χ1v) is 11.4. The molecule has 5 aromatic rings. The van der Waals surface area contributed by atoms with Crippen LogP contribution in [-0.2, 0) is 12.8 Å². The van der Waals surface area contributed by atoms with Crippen molar-refractivity contribution in [3.63, 3.8) is 0 Å². The number of halogens is 1. The van der Waals surface area contributed by atoms with Gasteiger partial charge in [-0.3, -0.25) is 4.98 Å². The molecule has 2 N–H and O–H groups in total. The average molecular weight is 483 g/mol. The Bertz CT molecular complexity index is 1480. The first kappa shape index (κ1) is 23.0. The second-order valence-corrected chi connectivity index (χ2v) is 8.21. The molecule has 10 heteroatoms. The molecule has 0 radical (unpaired) electrons. The van der Waals surface area contributed by atoms with Crippen LogP contribution in [0.4, 0.5) is 15.9 Å². The number of anilines is 2. The van der Waals surface area contributed by atoms with Crippen LogP contribution in [0.1, 0.15) is 22.6 Å². The maximum Gasteiger partial charge on any atom is 0.155 e. The van der Waals surface area contributed by atoms with E-state index in [1.165, 1.54) is 6.07 Å². The SMILES string of the molecule is Cc1cc(Oc2ccnc(Nc3ccc(F)c(CCc4nnn[nH]4)c3)c2)c(-c2ccccn2)nc1C. The monoisotopic (exact) mass is 482 g/mol. The zero-order valence-electron chi connectivity index (χ0n) is 19.7. The number of aromatic amines is 1. The maximum atomic E-state index is 14.3. The zero-order chi connectivity index (χ0) is 24.9. The molecule has 0 saturated heterocycles. The van der Waals surface area contributed by atoms with E-state index in [1.807, 2.05) is 38.1 Å². The highest BCUT2D eigenvalue weighted by molar-refractivity contribution is 5.65. The van der Waals surface area contributed by atoms with E-state index in [4.69, 9.17) is 9.72 Å². The summed E-state index contributed by atoms with van der Waals surface area (Å²) >= 11 is 0. The molecule has 0 fully saturated rings. The summed E-state index contributed by atoms with van der Waals surface area (Å²) in [4.78, 5) is 13.5. The number of aryl methyl sites for hydroxylation is 4. The van der Waals surface area contributed by atoms with E-state index in [2.05, 4.69) is 35.9 Å². The zero-order valence-corrected chi connectivity index (χ0v) is 19.7. The van der Waals surface area contributed by atoms with Gasteiger partial charge in [0.2, 0.25) is 0 Å². The quantitative estimate of drug-likeness (QED) is 0.313. The molecule has 0 amide bonds. The number of rotatable bonds is 8. The summed E-state index contributed by atoms with van der Waals surface area (Å²) in [6.07, 6.45) is 4.32. The van der Waals surface area contributed by atoms with Gasteiger partial charge in [0.05, 0.1) is 5.69 Å². The van der Waals surface area contributed by atoms with Crippen molar-refractivity contribution in [3.8, 4) is 22.9 Å². The fourth-order valence-corrected chi connectivity index (χ4v) is 3.64. The lowest BCUT2D eigenvalue weighted by atomic mass is 10.1. The second-order valence-electron chi connectivity index (χ2n) is 8.21. The summed E-state index contributed by atoms with van der Waals surface area (Å²) in [5.74, 6) is 2.04. The Balaban J connectivity index is 1.36. The molecule has 0 aliphatic heterocycles. The number of H-pyrrole nitrogens is 1. The van der Waals surface area contributed by atoms with Crippen LogP contribution in [0.5, 0.6) is 11.5 Å². The lowest BCUT2D eigenvalue weighted by Gasteiger charge is -2.14. The fraction of sp³-hybridized carbons (Fsp3) is 0.154. The van der Waals surface area contributed by atoms with Crippen LogP contribution in [0.25, 0.3) is 11.4 Å². The molecule has 9 nitrogen and oxygen atoms in total. The highest BCUT2D eigenvalue weighted by atomic mass is 19.1. The Kier molecular flexibility index (Phi) is 6.57. The summed E-state index contributed by atoms with van der Waals surface area (Å²) in [6, 6.07) is 16.0. The average Bonchev–Trinajstić information content (AvgIpc) is 3.41. The van der Waals surface area contributed by atoms with Crippen molar-refractivity contribution in [2.45, 2.75) is 26.7 Å². The number of ether oxygens (including phenoxy) is 1. The third kappa shape index (κ3) is 5.33. The molecule has 0 unspecified atom stereocenters. The Morgan fingerprint density at radius 1 is 0.972 bits per heavy atom. The highest BCUT2D eigenvalue weighted by Gasteiger charge is 2.14. The van der Waals surface area contributed by atoms with Crippen LogP contribution in [0, 0.1) is 19.7 Å². The molecule has 1 aromatic carbocycles. The summed E-state index contributed by atoms with van der Waals surface area (Å²) in [5, 5.41) is 16.8. The number of hydrogen-bond donors (Lipinski definition) is 2. The van der Waals surface area contributed by atoms with E-state index in [9.17, 15) is 4.39 Å². The first-order chi connectivity index (χ1) is 17.5. The van der Waals surface area contributed by atoms with E-state index >= 15 is 0 Å². The van der Waals surface area contributed by atoms with Crippen molar-refractivity contribution in [1.82, 2.24) is 35.6 Å². The minimum Gasteiger partial charge on any atom is -0.455 e. The van der Waals surface area contributed by atoms with Gasteiger partial charge in [-0.05, 0) is 84.3 Å². The highest BCUT2D eigenvalue weighted by Crippen LogP contribution is 2.33. The fourth-order valence-electron chi connectivity index (χ4n) is 3.64. The minimum absolute atomic E-state index is 0.289. The van der Waals surface area contributed by atoms with Crippen LogP contribution < -0.4 is 10.1 Å². The van der Waals surface area contributed by atoms with Gasteiger partial charge in [0.15, 0.2) is 5.75 Å². The van der Waals surface area contributed by atoms with Crippen LogP contribution in [0.3, 0.4) is 0 Å². The lowest BCUT2D eigenvalue weighted by molar-refractivity contribution is 0.481. The standard InChI is InChI=1S/C26H23FN8O/c1-16-13-23(26(30-17(16)2)22-5-3-4-11-28-22)36-20-10-12-29-25(15-20)31-19-7-8-21(27)18(14-19)6-9-24-32-34-35-33-24/h3-5,7-8,10-15H,6,9H2,1-2H3,(H,29,31)(H,32,33,34,35). The molecular formula is C26H23FN8O. The number of tetrazole rings is 1. The van der Waals surface area contributed by atoms with E-state index in [0.29, 0.717) is 52.9 Å². The van der Waals surface area contributed by atoms with Crippen molar-refractivity contribution in [3.05, 3.63) is 95.5 Å². The van der Waals surface area contributed by atoms with Crippen LogP contribution >= 0.6 is 0 Å². The molecule has 0 saturated carbocycles. The van der Waals surface area contributed by atoms with Gasteiger partial charge in [-0.2, -0.15) is 0 Å². The van der Waals surface area contributed by atoms with E-state index in [-0.39, 0.29) is 5.82 Å². The molecule has 36 heavy (non-hydrogen) atoms. The van der Waals surface area contributed by atoms with Gasteiger partial charge >= 0.3 is 0 Å². The number of benzene rings is 1. The van der Waals surface area contributed by atoms with Crippen molar-refractivity contribution in [1.29, 1.82) is 0 Å². The number of nitrogens with one attached hydrogen (secondary N) is 2. The molecule has 0 spiro atoms. The summed E-state index contributed by atoms with van der Waals surface area (Å²) in [6.45, 7) is 3.95. The van der Waals surface area contributed by atoms with Crippen molar-refractivity contribution in [2.24, 2.45) is 0 Å². The lowest BCUT2D eigenvalue weighted by Crippen LogP contribution is -2.00. The van der Waals surface area contributed by atoms with Crippen molar-refractivity contribution in [2.75, 3.05) is 5.32 Å². The Hall–Kier alpha value is -4.73. The molecule has 0 atom stereocenters. The summed E-state index contributed by atoms with van der Waals surface area (Å²) in [5.41, 5.74) is 4.56. The number of hydrogen-bond acceptors (Lipinski definition) is 8. The molecular weight excluding hydrogens is 459 g/mol. The van der Waals surface area contributed by atoms with Crippen LogP contribution in [0.2, 0.25) is 0 Å². The van der Waals surface area contributed by atoms with Gasteiger partial charge in [-0.1, -0.05) is 6.07 Å². The molecule has 4 aromatic heterocycles. The van der Waals surface area contributed by atoms with Crippen LogP contribution in [-0.4, -0.2) is 35.6 Å². The Labute approximate surface area is 206 Å². The smallest absolute Gasteiger partial charge is 0.155 e. The van der Waals surface area contributed by atoms with Crippen LogP contribution in [0.15, 0.2) is 67.0 Å². The molecule has 0 aliphatic carbocycles. The normalized spacial score (nSPS) is 10.9. The third-order valence-electron chi connectivity index (χ3n) is 5.64. The Morgan fingerprint density at radius 2 is 1.89 bits per heavy atom. The van der Waals surface area contributed by atoms with Gasteiger partial charge in [-0.15, -0.1) is 5.10 Å². The molecule has 4 heterocycles. The van der Waals surface area contributed by atoms with E-state index < -0.39 is 0 Å². The van der Waals surface area contributed by atoms with Gasteiger partial charge < -0.3 is 10.1 Å². The number of pyridine rings is 3. The minimum atomic E-state index is -0.289. The van der Waals surface area contributed by atoms with E-state index in [1.54, 1.807) is 36.7 Å². The molecule has 0 aliphatic rings. The predicted molar refractivity (Wildman–Crippen MR) is 133 cm³/mol. The molecule has 5 rings (SSSR count). The topological polar surface area (TPSA) is 114 Å². The Morgan fingerprint density at radius 3 is 2.69 bits per heavy atom. The molecule has 180 valence electrons. The van der Waals surface area contributed by atoms with Gasteiger partial charge in [0, 0.05) is 36.3 Å². The maximum absolute atomic E-state index is 14.3. The second kappa shape index (κ2) is 10.3. The van der Waals surface area contributed by atoms with E-state index in [0.717, 1.165) is 17.0 Å². The third-order valence-corrected chi connectivity index (χ3v) is 5.64. The van der Waals surface area contributed by atoms with Gasteiger partial charge in [0.25, 0.3) is 0 Å².